The predicted molar refractivity (Wildman–Crippen MR) is 119 cm³/mol. The summed E-state index contributed by atoms with van der Waals surface area (Å²) >= 11 is 0. The van der Waals surface area contributed by atoms with E-state index in [2.05, 4.69) is 12.7 Å². The maximum absolute atomic E-state index is 10.2. The topological polar surface area (TPSA) is 83.1 Å². The Kier molecular flexibility index (Phi) is 6.53. The average Bonchev–Trinajstić information content (AvgIpc) is 3.13. The quantitative estimate of drug-likeness (QED) is 0.415. The average molecular weight is 408 g/mol. The van der Waals surface area contributed by atoms with Crippen LogP contribution in [-0.2, 0) is 6.42 Å². The van der Waals surface area contributed by atoms with Crippen LogP contribution >= 0.6 is 0 Å². The number of hydrogen-bond acceptors (Lipinski definition) is 5. The highest BCUT2D eigenvalue weighted by Crippen LogP contribution is 2.38. The van der Waals surface area contributed by atoms with Crippen LogP contribution in [0.5, 0.6) is 17.2 Å². The molecule has 0 aliphatic carbocycles. The number of aliphatic hydroxyl groups excluding tert-OH is 1. The Hall–Kier alpha value is -3.18. The monoisotopic (exact) mass is 408 g/mol. The van der Waals surface area contributed by atoms with Gasteiger partial charge in [0.2, 0.25) is 0 Å². The first-order valence-corrected chi connectivity index (χ1v) is 9.90. The summed E-state index contributed by atoms with van der Waals surface area (Å²) in [5.74, 6) is 1.37. The third-order valence-electron chi connectivity index (χ3n) is 5.22. The third-order valence-corrected chi connectivity index (χ3v) is 5.22. The number of phenolic OH excluding ortho intramolecular Hbond substituents is 2. The van der Waals surface area contributed by atoms with Crippen LogP contribution in [0.2, 0.25) is 0 Å². The van der Waals surface area contributed by atoms with Crippen molar-refractivity contribution in [3.63, 3.8) is 0 Å². The van der Waals surface area contributed by atoms with Crippen LogP contribution in [0.15, 0.2) is 64.6 Å². The molecule has 30 heavy (non-hydrogen) atoms. The fraction of sp³-hybridized carbons (Fsp3) is 0.280. The molecule has 1 heterocycles. The molecule has 0 spiro atoms. The van der Waals surface area contributed by atoms with Gasteiger partial charge in [-0.15, -0.1) is 0 Å². The minimum atomic E-state index is -0.501. The van der Waals surface area contributed by atoms with Crippen LogP contribution < -0.4 is 4.74 Å². The van der Waals surface area contributed by atoms with E-state index < -0.39 is 6.10 Å². The second-order valence-corrected chi connectivity index (χ2v) is 7.66. The summed E-state index contributed by atoms with van der Waals surface area (Å²) in [5, 5.41) is 30.7. The van der Waals surface area contributed by atoms with Crippen LogP contribution in [0.3, 0.4) is 0 Å². The lowest BCUT2D eigenvalue weighted by Crippen LogP contribution is -2.06. The molecule has 5 nitrogen and oxygen atoms in total. The lowest BCUT2D eigenvalue weighted by Gasteiger charge is -2.13. The summed E-state index contributed by atoms with van der Waals surface area (Å²) in [6, 6.07) is 10.1. The summed E-state index contributed by atoms with van der Waals surface area (Å²) in [4.78, 5) is 0. The van der Waals surface area contributed by atoms with E-state index in [9.17, 15) is 15.3 Å². The van der Waals surface area contributed by atoms with E-state index in [0.717, 1.165) is 34.1 Å². The Morgan fingerprint density at radius 1 is 1.13 bits per heavy atom. The van der Waals surface area contributed by atoms with Crippen molar-refractivity contribution in [2.45, 2.75) is 39.2 Å². The third kappa shape index (κ3) is 4.86. The molecule has 3 N–H and O–H groups in total. The van der Waals surface area contributed by atoms with Crippen molar-refractivity contribution in [3.8, 4) is 28.6 Å². The number of furan rings is 1. The molecule has 2 aromatic carbocycles. The van der Waals surface area contributed by atoms with E-state index in [1.807, 2.05) is 19.9 Å². The van der Waals surface area contributed by atoms with Crippen molar-refractivity contribution in [2.75, 3.05) is 7.11 Å². The Labute approximate surface area is 176 Å². The number of phenols is 2. The molecule has 0 amide bonds. The van der Waals surface area contributed by atoms with Gasteiger partial charge in [-0.3, -0.25) is 0 Å². The molecular formula is C25H28O5. The van der Waals surface area contributed by atoms with Gasteiger partial charge in [0.25, 0.3) is 0 Å². The summed E-state index contributed by atoms with van der Waals surface area (Å²) in [7, 11) is 1.57. The van der Waals surface area contributed by atoms with E-state index in [0.29, 0.717) is 29.9 Å². The normalized spacial score (nSPS) is 12.9. The Morgan fingerprint density at radius 3 is 2.60 bits per heavy atom. The number of hydrogen-bond donors (Lipinski definition) is 3. The van der Waals surface area contributed by atoms with Crippen molar-refractivity contribution >= 4 is 11.0 Å². The van der Waals surface area contributed by atoms with Gasteiger partial charge in [0.15, 0.2) is 0 Å². The van der Waals surface area contributed by atoms with E-state index >= 15 is 0 Å². The second kappa shape index (κ2) is 9.09. The molecule has 5 heteroatoms. The molecule has 0 radical (unpaired) electrons. The minimum Gasteiger partial charge on any atom is -0.508 e. The fourth-order valence-electron chi connectivity index (χ4n) is 3.39. The number of methoxy groups -OCH3 is 1. The number of allylic oxidation sites excluding steroid dienone is 2. The van der Waals surface area contributed by atoms with Gasteiger partial charge in [0.1, 0.15) is 28.6 Å². The minimum absolute atomic E-state index is 0.0826. The van der Waals surface area contributed by atoms with Gasteiger partial charge in [0.05, 0.1) is 13.2 Å². The number of aromatic hydroxyl groups is 2. The van der Waals surface area contributed by atoms with Crippen LogP contribution in [0, 0.1) is 0 Å². The van der Waals surface area contributed by atoms with Gasteiger partial charge in [-0.25, -0.2) is 0 Å². The molecule has 0 aliphatic rings. The fourth-order valence-corrected chi connectivity index (χ4v) is 3.39. The van der Waals surface area contributed by atoms with Crippen LogP contribution in [0.25, 0.3) is 22.3 Å². The van der Waals surface area contributed by atoms with Gasteiger partial charge in [-0.05, 0) is 57.4 Å². The molecule has 0 aliphatic heterocycles. The molecule has 3 aromatic rings. The molecule has 0 bridgehead atoms. The molecule has 158 valence electrons. The zero-order valence-electron chi connectivity index (χ0n) is 17.6. The second-order valence-electron chi connectivity index (χ2n) is 7.66. The van der Waals surface area contributed by atoms with Crippen LogP contribution in [0.4, 0.5) is 0 Å². The highest BCUT2D eigenvalue weighted by atomic mass is 16.5. The smallest absolute Gasteiger partial charge is 0.138 e. The number of aliphatic hydroxyl groups is 1. The van der Waals surface area contributed by atoms with Gasteiger partial charge in [-0.2, -0.15) is 0 Å². The zero-order chi connectivity index (χ0) is 21.8. The zero-order valence-corrected chi connectivity index (χ0v) is 17.6. The van der Waals surface area contributed by atoms with E-state index in [-0.39, 0.29) is 11.5 Å². The predicted octanol–water partition coefficient (Wildman–Crippen LogP) is 5.73. The highest BCUT2D eigenvalue weighted by molar-refractivity contribution is 5.85. The number of benzene rings is 2. The number of fused-ring (bicyclic) bond motifs is 1. The van der Waals surface area contributed by atoms with Crippen molar-refractivity contribution in [1.82, 2.24) is 0 Å². The van der Waals surface area contributed by atoms with Crippen molar-refractivity contribution in [3.05, 3.63) is 65.8 Å². The molecular weight excluding hydrogens is 380 g/mol. The first-order valence-electron chi connectivity index (χ1n) is 9.90. The highest BCUT2D eigenvalue weighted by Gasteiger charge is 2.17. The molecule has 0 saturated heterocycles. The lowest BCUT2D eigenvalue weighted by atomic mass is 9.97. The summed E-state index contributed by atoms with van der Waals surface area (Å²) in [5.41, 5.74) is 4.10. The molecule has 0 fully saturated rings. The van der Waals surface area contributed by atoms with Gasteiger partial charge in [-0.1, -0.05) is 23.8 Å². The number of rotatable bonds is 8. The van der Waals surface area contributed by atoms with Gasteiger partial charge >= 0.3 is 0 Å². The largest absolute Gasteiger partial charge is 0.508 e. The van der Waals surface area contributed by atoms with Crippen LogP contribution in [-0.4, -0.2) is 28.5 Å². The number of ether oxygens (including phenoxy) is 1. The van der Waals surface area contributed by atoms with Crippen molar-refractivity contribution in [1.29, 1.82) is 0 Å². The molecule has 1 aromatic heterocycles. The van der Waals surface area contributed by atoms with Crippen molar-refractivity contribution < 1.29 is 24.5 Å². The Bertz CT molecular complexity index is 1090. The Balaban J connectivity index is 1.95. The van der Waals surface area contributed by atoms with Crippen molar-refractivity contribution in [2.24, 2.45) is 0 Å². The maximum atomic E-state index is 10.2. The van der Waals surface area contributed by atoms with Gasteiger partial charge in [0, 0.05) is 28.6 Å². The first kappa shape index (κ1) is 21.5. The summed E-state index contributed by atoms with van der Waals surface area (Å²) in [6.07, 6.45) is 3.56. The summed E-state index contributed by atoms with van der Waals surface area (Å²) < 4.78 is 11.5. The molecule has 0 saturated carbocycles. The van der Waals surface area contributed by atoms with Gasteiger partial charge < -0.3 is 24.5 Å². The van der Waals surface area contributed by atoms with E-state index in [4.69, 9.17) is 9.15 Å². The lowest BCUT2D eigenvalue weighted by molar-refractivity contribution is 0.201. The molecule has 0 unspecified atom stereocenters. The molecule has 3 rings (SSSR count). The Morgan fingerprint density at radius 2 is 1.90 bits per heavy atom. The maximum Gasteiger partial charge on any atom is 0.138 e. The van der Waals surface area contributed by atoms with Crippen LogP contribution in [0.1, 0.15) is 32.3 Å². The van der Waals surface area contributed by atoms with E-state index in [1.54, 1.807) is 37.4 Å². The first-order chi connectivity index (χ1) is 14.3. The summed E-state index contributed by atoms with van der Waals surface area (Å²) in [6.45, 7) is 7.64. The SMILES string of the molecule is C=C(C)[C@H](O)CC/C(C)=C/Cc1c(OC)cc(O)cc1-c1cc2ccc(O)cc2o1. The van der Waals surface area contributed by atoms with E-state index in [1.165, 1.54) is 0 Å². The standard InChI is InChI=1S/C25H28O5/c1-15(2)22(28)10-6-16(3)5-9-20-21(12-19(27)14-24(20)29-4)25-11-17-7-8-18(26)13-23(17)30-25/h5,7-8,11-14,22,26-28H,1,6,9-10H2,2-4H3/b16-5+/t22-/m1/s1. The molecule has 1 atom stereocenters.